The highest BCUT2D eigenvalue weighted by molar-refractivity contribution is 5.88. The molecule has 0 aromatic heterocycles. The summed E-state index contributed by atoms with van der Waals surface area (Å²) in [5.74, 6) is -0.169. The smallest absolute Gasteiger partial charge is 0.239 e. The van der Waals surface area contributed by atoms with Gasteiger partial charge in [-0.05, 0) is 32.6 Å². The van der Waals surface area contributed by atoms with Crippen LogP contribution in [-0.2, 0) is 9.59 Å². The van der Waals surface area contributed by atoms with E-state index in [-0.39, 0.29) is 23.3 Å². The summed E-state index contributed by atoms with van der Waals surface area (Å²) in [5.41, 5.74) is 5.39. The van der Waals surface area contributed by atoms with Crippen molar-refractivity contribution in [3.05, 3.63) is 0 Å². The summed E-state index contributed by atoms with van der Waals surface area (Å²) in [6.07, 6.45) is 2.37. The predicted octanol–water partition coefficient (Wildman–Crippen LogP) is -1.13. The summed E-state index contributed by atoms with van der Waals surface area (Å²) in [7, 11) is 0. The molecule has 5 N–H and O–H groups in total. The Morgan fingerprint density at radius 1 is 1.56 bits per heavy atom. The van der Waals surface area contributed by atoms with Crippen molar-refractivity contribution < 1.29 is 14.7 Å². The van der Waals surface area contributed by atoms with Gasteiger partial charge in [-0.3, -0.25) is 9.59 Å². The largest absolute Gasteiger partial charge is 0.391 e. The molecular weight excluding hydrogens is 234 g/mol. The molecule has 18 heavy (non-hydrogen) atoms. The molecule has 0 bridgehead atoms. The van der Waals surface area contributed by atoms with Gasteiger partial charge in [-0.1, -0.05) is 0 Å². The van der Waals surface area contributed by atoms with Crippen LogP contribution in [0.4, 0.5) is 0 Å². The zero-order chi connectivity index (χ0) is 13.3. The lowest BCUT2D eigenvalue weighted by molar-refractivity contribution is -0.143. The Labute approximate surface area is 106 Å². The lowest BCUT2D eigenvalue weighted by atomic mass is 9.68. The summed E-state index contributed by atoms with van der Waals surface area (Å²) >= 11 is 0. The fourth-order valence-electron chi connectivity index (χ4n) is 2.65. The number of nitrogens with two attached hydrogens (primary N) is 1. The quantitative estimate of drug-likeness (QED) is 0.479. The average molecular weight is 255 g/mol. The molecule has 2 aliphatic rings. The minimum absolute atomic E-state index is 0.0707. The van der Waals surface area contributed by atoms with Crippen LogP contribution in [0.25, 0.3) is 0 Å². The molecule has 2 fully saturated rings. The van der Waals surface area contributed by atoms with Crippen LogP contribution in [-0.4, -0.2) is 41.7 Å². The van der Waals surface area contributed by atoms with Gasteiger partial charge in [-0.2, -0.15) is 0 Å². The molecular formula is C12H21N3O3. The first-order valence-electron chi connectivity index (χ1n) is 6.47. The summed E-state index contributed by atoms with van der Waals surface area (Å²) < 4.78 is 0. The minimum Gasteiger partial charge on any atom is -0.391 e. The second kappa shape index (κ2) is 4.85. The Bertz CT molecular complexity index is 348. The summed E-state index contributed by atoms with van der Waals surface area (Å²) in [6.45, 7) is 2.26. The number of carbonyl (C=O) groups excluding carboxylic acids is 2. The molecule has 6 nitrogen and oxygen atoms in total. The topological polar surface area (TPSA) is 104 Å². The van der Waals surface area contributed by atoms with Gasteiger partial charge in [0.1, 0.15) is 6.04 Å². The van der Waals surface area contributed by atoms with Crippen LogP contribution >= 0.6 is 0 Å². The standard InChI is InChI=1S/C12H21N3O3/c1-7(16)9(13)10(17)15-8-2-4-12(5-3-8)6-14-11(12)18/h7-9,16H,2-6,13H2,1H3,(H,14,18)(H,15,17). The van der Waals surface area contributed by atoms with Crippen molar-refractivity contribution in [1.82, 2.24) is 10.6 Å². The summed E-state index contributed by atoms with van der Waals surface area (Å²) in [6, 6.07) is -0.811. The third kappa shape index (κ3) is 2.35. The number of β-lactam (4-membered cyclic amide) rings is 1. The van der Waals surface area contributed by atoms with Crippen LogP contribution in [0.3, 0.4) is 0 Å². The Hall–Kier alpha value is -1.14. The fourth-order valence-corrected chi connectivity index (χ4v) is 2.65. The predicted molar refractivity (Wildman–Crippen MR) is 65.5 cm³/mol. The molecule has 0 aromatic carbocycles. The van der Waals surface area contributed by atoms with Gasteiger partial charge in [0.05, 0.1) is 11.5 Å². The Balaban J connectivity index is 1.80. The SMILES string of the molecule is CC(O)C(N)C(=O)NC1CCC2(CC1)CNC2=O. The van der Waals surface area contributed by atoms with E-state index in [0.717, 1.165) is 32.2 Å². The molecule has 1 heterocycles. The van der Waals surface area contributed by atoms with Gasteiger partial charge in [0.2, 0.25) is 11.8 Å². The van der Waals surface area contributed by atoms with Crippen LogP contribution in [0.5, 0.6) is 0 Å². The Morgan fingerprint density at radius 2 is 2.17 bits per heavy atom. The lowest BCUT2D eigenvalue weighted by Gasteiger charge is -2.45. The number of aliphatic hydroxyl groups excluding tert-OH is 1. The van der Waals surface area contributed by atoms with Crippen LogP contribution in [0.1, 0.15) is 32.6 Å². The molecule has 2 unspecified atom stereocenters. The van der Waals surface area contributed by atoms with Crippen LogP contribution in [0, 0.1) is 5.41 Å². The van der Waals surface area contributed by atoms with Crippen molar-refractivity contribution >= 4 is 11.8 Å². The maximum atomic E-state index is 11.7. The lowest BCUT2D eigenvalue weighted by Crippen LogP contribution is -2.61. The normalized spacial score (nSPS) is 34.4. The first kappa shape index (κ1) is 13.3. The van der Waals surface area contributed by atoms with Crippen molar-refractivity contribution in [2.24, 2.45) is 11.1 Å². The van der Waals surface area contributed by atoms with E-state index in [1.807, 2.05) is 0 Å². The highest BCUT2D eigenvalue weighted by Crippen LogP contribution is 2.40. The van der Waals surface area contributed by atoms with E-state index in [4.69, 9.17) is 5.73 Å². The Kier molecular flexibility index (Phi) is 3.59. The van der Waals surface area contributed by atoms with Crippen LogP contribution < -0.4 is 16.4 Å². The first-order chi connectivity index (χ1) is 8.44. The molecule has 1 saturated heterocycles. The van der Waals surface area contributed by atoms with E-state index in [0.29, 0.717) is 0 Å². The summed E-state index contributed by atoms with van der Waals surface area (Å²) in [5, 5.41) is 14.9. The van der Waals surface area contributed by atoms with Crippen molar-refractivity contribution in [2.45, 2.75) is 50.8 Å². The number of hydrogen-bond acceptors (Lipinski definition) is 4. The molecule has 6 heteroatoms. The van der Waals surface area contributed by atoms with Crippen molar-refractivity contribution in [3.63, 3.8) is 0 Å². The monoisotopic (exact) mass is 255 g/mol. The number of hydrogen-bond donors (Lipinski definition) is 4. The van der Waals surface area contributed by atoms with Crippen LogP contribution in [0.2, 0.25) is 0 Å². The maximum absolute atomic E-state index is 11.7. The van der Waals surface area contributed by atoms with Gasteiger partial charge in [0.25, 0.3) is 0 Å². The van der Waals surface area contributed by atoms with Crippen molar-refractivity contribution in [2.75, 3.05) is 6.54 Å². The zero-order valence-electron chi connectivity index (χ0n) is 10.6. The van der Waals surface area contributed by atoms with Gasteiger partial charge < -0.3 is 21.5 Å². The van der Waals surface area contributed by atoms with E-state index in [9.17, 15) is 14.7 Å². The molecule has 2 amide bonds. The number of amides is 2. The van der Waals surface area contributed by atoms with Gasteiger partial charge in [0, 0.05) is 12.6 Å². The molecule has 0 aromatic rings. The molecule has 2 rings (SSSR count). The number of rotatable bonds is 3. The van der Waals surface area contributed by atoms with Gasteiger partial charge >= 0.3 is 0 Å². The third-order valence-corrected chi connectivity index (χ3v) is 4.18. The van der Waals surface area contributed by atoms with Crippen molar-refractivity contribution in [3.8, 4) is 0 Å². The number of aliphatic hydroxyl groups is 1. The van der Waals surface area contributed by atoms with Gasteiger partial charge in [0.15, 0.2) is 0 Å². The minimum atomic E-state index is -0.882. The molecule has 1 saturated carbocycles. The summed E-state index contributed by atoms with van der Waals surface area (Å²) in [4.78, 5) is 23.2. The second-order valence-corrected chi connectivity index (χ2v) is 5.51. The zero-order valence-corrected chi connectivity index (χ0v) is 10.6. The number of nitrogens with one attached hydrogen (secondary N) is 2. The van der Waals surface area contributed by atoms with Gasteiger partial charge in [-0.15, -0.1) is 0 Å². The third-order valence-electron chi connectivity index (χ3n) is 4.18. The molecule has 102 valence electrons. The molecule has 2 atom stereocenters. The molecule has 0 radical (unpaired) electrons. The highest BCUT2D eigenvalue weighted by atomic mass is 16.3. The number of carbonyl (C=O) groups is 2. The molecule has 1 aliphatic carbocycles. The van der Waals surface area contributed by atoms with E-state index >= 15 is 0 Å². The first-order valence-corrected chi connectivity index (χ1v) is 6.47. The average Bonchev–Trinajstić information content (AvgIpc) is 2.36. The highest BCUT2D eigenvalue weighted by Gasteiger charge is 2.48. The Morgan fingerprint density at radius 3 is 2.56 bits per heavy atom. The fraction of sp³-hybridized carbons (Fsp3) is 0.833. The van der Waals surface area contributed by atoms with E-state index in [2.05, 4.69) is 10.6 Å². The van der Waals surface area contributed by atoms with E-state index in [1.54, 1.807) is 0 Å². The van der Waals surface area contributed by atoms with Crippen molar-refractivity contribution in [1.29, 1.82) is 0 Å². The van der Waals surface area contributed by atoms with E-state index < -0.39 is 12.1 Å². The van der Waals surface area contributed by atoms with E-state index in [1.165, 1.54) is 6.92 Å². The molecule has 1 aliphatic heterocycles. The molecule has 1 spiro atoms. The maximum Gasteiger partial charge on any atom is 0.239 e. The van der Waals surface area contributed by atoms with Gasteiger partial charge in [-0.25, -0.2) is 0 Å². The van der Waals surface area contributed by atoms with Crippen LogP contribution in [0.15, 0.2) is 0 Å². The second-order valence-electron chi connectivity index (χ2n) is 5.51.